The van der Waals surface area contributed by atoms with Crippen LogP contribution in [0.3, 0.4) is 0 Å². The Morgan fingerprint density at radius 1 is 1.23 bits per heavy atom. The van der Waals surface area contributed by atoms with Gasteiger partial charge >= 0.3 is 6.03 Å². The number of halogens is 1. The minimum atomic E-state index is -0.355. The number of piperazine rings is 1. The molecule has 1 aromatic carbocycles. The number of amides is 3. The zero-order chi connectivity index (χ0) is 18.9. The van der Waals surface area contributed by atoms with Gasteiger partial charge in [0.2, 0.25) is 5.91 Å². The predicted molar refractivity (Wildman–Crippen MR) is 96.6 cm³/mol. The predicted octanol–water partition coefficient (Wildman–Crippen LogP) is 1.06. The van der Waals surface area contributed by atoms with Crippen molar-refractivity contribution in [1.82, 2.24) is 20.4 Å². The Morgan fingerprint density at radius 2 is 1.96 bits per heavy atom. The first-order valence-electron chi connectivity index (χ1n) is 8.87. The minimum absolute atomic E-state index is 0.00685. The summed E-state index contributed by atoms with van der Waals surface area (Å²) in [6.45, 7) is 7.30. The Bertz CT molecular complexity index is 604. The van der Waals surface area contributed by atoms with Crippen molar-refractivity contribution >= 4 is 11.9 Å². The summed E-state index contributed by atoms with van der Waals surface area (Å²) in [5.41, 5.74) is 0. The summed E-state index contributed by atoms with van der Waals surface area (Å²) in [4.78, 5) is 27.7. The van der Waals surface area contributed by atoms with Crippen LogP contribution in [0.25, 0.3) is 0 Å². The van der Waals surface area contributed by atoms with Gasteiger partial charge in [-0.25, -0.2) is 9.18 Å². The number of carbonyl (C=O) groups is 2. The molecule has 3 amide bonds. The normalized spacial score (nSPS) is 15.0. The average Bonchev–Trinajstić information content (AvgIpc) is 2.58. The maximum atomic E-state index is 13.0. The topological polar surface area (TPSA) is 73.9 Å². The summed E-state index contributed by atoms with van der Waals surface area (Å²) in [6, 6.07) is 5.87. The van der Waals surface area contributed by atoms with Gasteiger partial charge < -0.3 is 20.3 Å². The molecule has 0 aliphatic carbocycles. The molecule has 2 rings (SSSR count). The lowest BCUT2D eigenvalue weighted by Crippen LogP contribution is -2.54. The average molecular weight is 366 g/mol. The first-order valence-corrected chi connectivity index (χ1v) is 8.87. The third-order valence-corrected chi connectivity index (χ3v) is 3.92. The van der Waals surface area contributed by atoms with E-state index >= 15 is 0 Å². The van der Waals surface area contributed by atoms with E-state index in [4.69, 9.17) is 4.74 Å². The molecule has 0 saturated carbocycles. The number of ether oxygens (including phenoxy) is 1. The van der Waals surface area contributed by atoms with E-state index in [0.717, 1.165) is 0 Å². The van der Waals surface area contributed by atoms with Crippen LogP contribution >= 0.6 is 0 Å². The number of rotatable bonds is 7. The van der Waals surface area contributed by atoms with Gasteiger partial charge in [0.15, 0.2) is 0 Å². The number of nitrogens with zero attached hydrogens (tertiary/aromatic N) is 2. The van der Waals surface area contributed by atoms with Crippen LogP contribution in [-0.4, -0.2) is 73.7 Å². The lowest BCUT2D eigenvalue weighted by molar-refractivity contribution is -0.123. The highest BCUT2D eigenvalue weighted by Gasteiger charge is 2.22. The molecule has 2 N–H and O–H groups in total. The third kappa shape index (κ3) is 6.87. The summed E-state index contributed by atoms with van der Waals surface area (Å²) < 4.78 is 18.4. The van der Waals surface area contributed by atoms with Crippen LogP contribution in [0.5, 0.6) is 5.75 Å². The molecule has 1 fully saturated rings. The van der Waals surface area contributed by atoms with Gasteiger partial charge in [0.25, 0.3) is 0 Å². The molecule has 0 bridgehead atoms. The number of hydrogen-bond acceptors (Lipinski definition) is 4. The van der Waals surface area contributed by atoms with Crippen LogP contribution < -0.4 is 15.4 Å². The number of carbonyl (C=O) groups excluding carboxylic acids is 2. The Morgan fingerprint density at radius 3 is 2.62 bits per heavy atom. The Hall–Kier alpha value is -2.35. The highest BCUT2D eigenvalue weighted by atomic mass is 19.1. The summed E-state index contributed by atoms with van der Waals surface area (Å²) in [6.07, 6.45) is 0. The van der Waals surface area contributed by atoms with Gasteiger partial charge in [0.05, 0.1) is 13.1 Å². The smallest absolute Gasteiger partial charge is 0.317 e. The van der Waals surface area contributed by atoms with E-state index in [-0.39, 0.29) is 30.4 Å². The highest BCUT2D eigenvalue weighted by molar-refractivity contribution is 5.78. The van der Waals surface area contributed by atoms with Gasteiger partial charge in [-0.2, -0.15) is 0 Å². The van der Waals surface area contributed by atoms with E-state index in [9.17, 15) is 14.0 Å². The second-order valence-electron chi connectivity index (χ2n) is 6.52. The second-order valence-corrected chi connectivity index (χ2v) is 6.52. The Balaban J connectivity index is 1.61. The molecule has 0 unspecified atom stereocenters. The molecular formula is C18H27FN4O3. The molecule has 1 heterocycles. The quantitative estimate of drug-likeness (QED) is 0.708. The van der Waals surface area contributed by atoms with Gasteiger partial charge in [0.1, 0.15) is 18.2 Å². The van der Waals surface area contributed by atoms with Gasteiger partial charge in [-0.3, -0.25) is 9.69 Å². The Labute approximate surface area is 153 Å². The fraction of sp³-hybridized carbons (Fsp3) is 0.556. The monoisotopic (exact) mass is 366 g/mol. The zero-order valence-corrected chi connectivity index (χ0v) is 15.3. The van der Waals surface area contributed by atoms with E-state index in [1.807, 2.05) is 18.7 Å². The lowest BCUT2D eigenvalue weighted by atomic mass is 10.3. The van der Waals surface area contributed by atoms with Crippen molar-refractivity contribution in [2.75, 3.05) is 45.9 Å². The summed E-state index contributed by atoms with van der Waals surface area (Å²) >= 11 is 0. The highest BCUT2D eigenvalue weighted by Crippen LogP contribution is 2.11. The fourth-order valence-electron chi connectivity index (χ4n) is 2.68. The molecule has 0 radical (unpaired) electrons. The van der Waals surface area contributed by atoms with Gasteiger partial charge in [-0.15, -0.1) is 0 Å². The molecule has 7 nitrogen and oxygen atoms in total. The standard InChI is InChI=1S/C18H27FN4O3/c1-14(2)21-17(24)13-22-7-9-23(10-8-22)18(25)20-6-11-26-16-5-3-4-15(19)12-16/h3-5,12,14H,6-11,13H2,1-2H3,(H,20,25)(H,21,24). The minimum Gasteiger partial charge on any atom is -0.492 e. The first-order chi connectivity index (χ1) is 12.4. The van der Waals surface area contributed by atoms with Gasteiger partial charge in [-0.1, -0.05) is 6.07 Å². The van der Waals surface area contributed by atoms with Crippen LogP contribution in [0.2, 0.25) is 0 Å². The number of urea groups is 1. The van der Waals surface area contributed by atoms with Crippen molar-refractivity contribution in [2.45, 2.75) is 19.9 Å². The number of nitrogens with one attached hydrogen (secondary N) is 2. The van der Waals surface area contributed by atoms with Crippen LogP contribution in [0.4, 0.5) is 9.18 Å². The Kier molecular flexibility index (Phi) is 7.65. The number of benzene rings is 1. The molecule has 1 aliphatic heterocycles. The molecule has 144 valence electrons. The van der Waals surface area contributed by atoms with E-state index in [2.05, 4.69) is 10.6 Å². The molecule has 1 aliphatic rings. The summed E-state index contributed by atoms with van der Waals surface area (Å²) in [5, 5.41) is 5.65. The van der Waals surface area contributed by atoms with Crippen molar-refractivity contribution in [2.24, 2.45) is 0 Å². The van der Waals surface area contributed by atoms with E-state index in [1.165, 1.54) is 12.1 Å². The van der Waals surface area contributed by atoms with Crippen molar-refractivity contribution < 1.29 is 18.7 Å². The van der Waals surface area contributed by atoms with E-state index < -0.39 is 0 Å². The van der Waals surface area contributed by atoms with Crippen LogP contribution in [0, 0.1) is 5.82 Å². The molecule has 1 saturated heterocycles. The van der Waals surface area contributed by atoms with Crippen molar-refractivity contribution in [3.8, 4) is 5.75 Å². The summed E-state index contributed by atoms with van der Waals surface area (Å²) in [5.74, 6) is 0.0893. The molecule has 26 heavy (non-hydrogen) atoms. The van der Waals surface area contributed by atoms with Gasteiger partial charge in [0, 0.05) is 38.3 Å². The molecule has 8 heteroatoms. The molecule has 0 aromatic heterocycles. The van der Waals surface area contributed by atoms with Crippen LogP contribution in [-0.2, 0) is 4.79 Å². The maximum Gasteiger partial charge on any atom is 0.317 e. The molecule has 1 aromatic rings. The van der Waals surface area contributed by atoms with Crippen molar-refractivity contribution in [1.29, 1.82) is 0 Å². The van der Waals surface area contributed by atoms with Crippen molar-refractivity contribution in [3.63, 3.8) is 0 Å². The largest absolute Gasteiger partial charge is 0.492 e. The summed E-state index contributed by atoms with van der Waals surface area (Å²) in [7, 11) is 0. The van der Waals surface area contributed by atoms with E-state index in [1.54, 1.807) is 17.0 Å². The van der Waals surface area contributed by atoms with Crippen molar-refractivity contribution in [3.05, 3.63) is 30.1 Å². The zero-order valence-electron chi connectivity index (χ0n) is 15.3. The number of hydrogen-bond donors (Lipinski definition) is 2. The van der Waals surface area contributed by atoms with E-state index in [0.29, 0.717) is 45.0 Å². The fourth-order valence-corrected chi connectivity index (χ4v) is 2.68. The first kappa shape index (κ1) is 20.0. The molecule has 0 spiro atoms. The molecular weight excluding hydrogens is 339 g/mol. The van der Waals surface area contributed by atoms with Gasteiger partial charge in [-0.05, 0) is 26.0 Å². The van der Waals surface area contributed by atoms with Crippen LogP contribution in [0.1, 0.15) is 13.8 Å². The van der Waals surface area contributed by atoms with Crippen LogP contribution in [0.15, 0.2) is 24.3 Å². The third-order valence-electron chi connectivity index (χ3n) is 3.92. The lowest BCUT2D eigenvalue weighted by Gasteiger charge is -2.34. The SMILES string of the molecule is CC(C)NC(=O)CN1CCN(C(=O)NCCOc2cccc(F)c2)CC1. The second kappa shape index (κ2) is 9.96. The molecule has 0 atom stereocenters. The maximum absolute atomic E-state index is 13.0.